The van der Waals surface area contributed by atoms with E-state index in [0.717, 1.165) is 4.57 Å². The van der Waals surface area contributed by atoms with Crippen LogP contribution < -0.4 is 11.2 Å². The lowest BCUT2D eigenvalue weighted by Gasteiger charge is -2.22. The molecule has 4 atom stereocenters. The third kappa shape index (κ3) is 4.17. The highest BCUT2D eigenvalue weighted by Gasteiger charge is 2.46. The van der Waals surface area contributed by atoms with Crippen LogP contribution in [0.25, 0.3) is 0 Å². The molecule has 0 radical (unpaired) electrons. The van der Waals surface area contributed by atoms with Crippen molar-refractivity contribution in [2.75, 3.05) is 20.4 Å². The maximum Gasteiger partial charge on any atom is 0.330 e. The van der Waals surface area contributed by atoms with E-state index in [9.17, 15) is 14.2 Å². The predicted molar refractivity (Wildman–Crippen MR) is 78.4 cm³/mol. The first-order valence-corrected chi connectivity index (χ1v) is 8.63. The molecule has 11 heteroatoms. The van der Waals surface area contributed by atoms with Gasteiger partial charge in [0.25, 0.3) is 5.56 Å². The number of hydrogen-bond acceptors (Lipinski definition) is 6. The van der Waals surface area contributed by atoms with Crippen LogP contribution in [0.1, 0.15) is 12.6 Å². The van der Waals surface area contributed by atoms with Gasteiger partial charge < -0.3 is 24.0 Å². The fourth-order valence-electron chi connectivity index (χ4n) is 2.62. The van der Waals surface area contributed by atoms with Crippen LogP contribution in [0.5, 0.6) is 0 Å². The number of ether oxygens (including phenoxy) is 3. The first-order valence-electron chi connectivity index (χ1n) is 6.84. The molecule has 10 nitrogen and oxygen atoms in total. The van der Waals surface area contributed by atoms with Gasteiger partial charge in [0.05, 0.1) is 12.3 Å². The normalized spacial score (nSPS) is 28.2. The molecule has 1 aliphatic heterocycles. The molecule has 0 aliphatic carbocycles. The van der Waals surface area contributed by atoms with Crippen LogP contribution in [0, 0.1) is 0 Å². The largest absolute Gasteiger partial charge is 0.376 e. The van der Waals surface area contributed by atoms with Crippen LogP contribution in [-0.4, -0.2) is 58.0 Å². The Morgan fingerprint density at radius 3 is 2.48 bits per heavy atom. The van der Waals surface area contributed by atoms with E-state index in [0.29, 0.717) is 0 Å². The highest BCUT2D eigenvalue weighted by atomic mass is 31.2. The summed E-state index contributed by atoms with van der Waals surface area (Å²) in [5.41, 5.74) is -1.21. The molecule has 1 aromatic heterocycles. The number of methoxy groups -OCH3 is 2. The predicted octanol–water partition coefficient (Wildman–Crippen LogP) is -0.968. The third-order valence-corrected chi connectivity index (χ3v) is 4.50. The van der Waals surface area contributed by atoms with E-state index < -0.39 is 43.4 Å². The van der Waals surface area contributed by atoms with Gasteiger partial charge in [-0.15, -0.1) is 0 Å². The zero-order valence-corrected chi connectivity index (χ0v) is 13.5. The molecular weight excluding hydrogens is 331 g/mol. The Morgan fingerprint density at radius 2 is 1.96 bits per heavy atom. The summed E-state index contributed by atoms with van der Waals surface area (Å²) >= 11 is 0. The molecule has 1 aromatic rings. The van der Waals surface area contributed by atoms with Gasteiger partial charge in [0.1, 0.15) is 12.2 Å². The van der Waals surface area contributed by atoms with Gasteiger partial charge in [0, 0.05) is 26.5 Å². The van der Waals surface area contributed by atoms with Crippen LogP contribution in [0.15, 0.2) is 21.9 Å². The average Bonchev–Trinajstić information content (AvgIpc) is 2.81. The Hall–Kier alpha value is -1.29. The van der Waals surface area contributed by atoms with Crippen LogP contribution in [0.4, 0.5) is 0 Å². The van der Waals surface area contributed by atoms with Gasteiger partial charge in [-0.2, -0.15) is 0 Å². The summed E-state index contributed by atoms with van der Waals surface area (Å²) in [7, 11) is -1.35. The summed E-state index contributed by atoms with van der Waals surface area (Å²) in [5.74, 6) is 0. The zero-order chi connectivity index (χ0) is 17.2. The second-order valence-corrected chi connectivity index (χ2v) is 6.94. The summed E-state index contributed by atoms with van der Waals surface area (Å²) in [4.78, 5) is 43.2. The van der Waals surface area contributed by atoms with E-state index in [1.807, 2.05) is 0 Å². The maximum absolute atomic E-state index is 11.9. The molecule has 1 aliphatic rings. The van der Waals surface area contributed by atoms with E-state index in [1.165, 1.54) is 26.5 Å². The summed E-state index contributed by atoms with van der Waals surface area (Å²) in [6.45, 7) is 0. The van der Waals surface area contributed by atoms with Gasteiger partial charge in [-0.3, -0.25) is 18.9 Å². The van der Waals surface area contributed by atoms with Crippen molar-refractivity contribution in [3.8, 4) is 0 Å². The van der Waals surface area contributed by atoms with Crippen molar-refractivity contribution in [1.82, 2.24) is 9.55 Å². The molecule has 3 N–H and O–H groups in total. The van der Waals surface area contributed by atoms with E-state index in [2.05, 4.69) is 4.98 Å². The maximum atomic E-state index is 11.9. The van der Waals surface area contributed by atoms with Gasteiger partial charge in [-0.1, -0.05) is 0 Å². The smallest absolute Gasteiger partial charge is 0.330 e. The Labute approximate surface area is 131 Å². The number of aromatic amines is 1. The SMILES string of the molecule is COC1C(CCP(=O)(O)O)OC(n2ccc(=O)[nH]c2=O)C1OC. The summed E-state index contributed by atoms with van der Waals surface area (Å²) < 4.78 is 28.6. The van der Waals surface area contributed by atoms with Crippen molar-refractivity contribution < 1.29 is 28.6 Å². The van der Waals surface area contributed by atoms with E-state index >= 15 is 0 Å². The molecule has 0 saturated carbocycles. The van der Waals surface area contributed by atoms with Gasteiger partial charge in [0.2, 0.25) is 0 Å². The Kier molecular flexibility index (Phi) is 5.56. The molecule has 1 saturated heterocycles. The quantitative estimate of drug-likeness (QED) is 0.557. The van der Waals surface area contributed by atoms with Gasteiger partial charge >= 0.3 is 13.3 Å². The molecule has 0 bridgehead atoms. The Balaban J connectivity index is 2.28. The van der Waals surface area contributed by atoms with Crippen LogP contribution in [0.2, 0.25) is 0 Å². The number of nitrogens with zero attached hydrogens (tertiary/aromatic N) is 1. The monoisotopic (exact) mass is 350 g/mol. The number of nitrogens with one attached hydrogen (secondary N) is 1. The van der Waals surface area contributed by atoms with Crippen molar-refractivity contribution in [3.63, 3.8) is 0 Å². The lowest BCUT2D eigenvalue weighted by molar-refractivity contribution is -0.0559. The topological polar surface area (TPSA) is 140 Å². The summed E-state index contributed by atoms with van der Waals surface area (Å²) in [5, 5.41) is 0. The van der Waals surface area contributed by atoms with Crippen molar-refractivity contribution in [2.45, 2.75) is 31.0 Å². The van der Waals surface area contributed by atoms with Crippen molar-refractivity contribution in [3.05, 3.63) is 33.1 Å². The fraction of sp³-hybridized carbons (Fsp3) is 0.667. The van der Waals surface area contributed by atoms with Crippen LogP contribution in [0.3, 0.4) is 0 Å². The lowest BCUT2D eigenvalue weighted by Crippen LogP contribution is -2.39. The molecule has 0 spiro atoms. The zero-order valence-electron chi connectivity index (χ0n) is 12.6. The highest BCUT2D eigenvalue weighted by molar-refractivity contribution is 7.51. The molecule has 1 fully saturated rings. The van der Waals surface area contributed by atoms with Crippen molar-refractivity contribution in [2.24, 2.45) is 0 Å². The van der Waals surface area contributed by atoms with Crippen molar-refractivity contribution in [1.29, 1.82) is 0 Å². The van der Waals surface area contributed by atoms with E-state index in [-0.39, 0.29) is 12.6 Å². The van der Waals surface area contributed by atoms with Gasteiger partial charge in [0.15, 0.2) is 6.23 Å². The molecule has 0 amide bonds. The molecule has 4 unspecified atom stereocenters. The third-order valence-electron chi connectivity index (χ3n) is 3.66. The number of hydrogen-bond donors (Lipinski definition) is 3. The Bertz CT molecular complexity index is 695. The van der Waals surface area contributed by atoms with E-state index in [1.54, 1.807) is 0 Å². The highest BCUT2D eigenvalue weighted by Crippen LogP contribution is 2.40. The number of aromatic nitrogens is 2. The van der Waals surface area contributed by atoms with Gasteiger partial charge in [-0.05, 0) is 6.42 Å². The summed E-state index contributed by atoms with van der Waals surface area (Å²) in [6.07, 6.45) is -1.90. The molecule has 130 valence electrons. The first-order chi connectivity index (χ1) is 10.8. The molecular formula is C12H19N2O8P. The molecule has 23 heavy (non-hydrogen) atoms. The van der Waals surface area contributed by atoms with Crippen molar-refractivity contribution >= 4 is 7.60 Å². The second kappa shape index (κ2) is 7.08. The van der Waals surface area contributed by atoms with Crippen LogP contribution in [-0.2, 0) is 18.8 Å². The minimum absolute atomic E-state index is 0.0389. The fourth-order valence-corrected chi connectivity index (χ4v) is 3.21. The lowest BCUT2D eigenvalue weighted by atomic mass is 10.1. The van der Waals surface area contributed by atoms with Gasteiger partial charge in [-0.25, -0.2) is 4.79 Å². The number of rotatable bonds is 6. The summed E-state index contributed by atoms with van der Waals surface area (Å²) in [6, 6.07) is 1.17. The minimum Gasteiger partial charge on any atom is -0.376 e. The molecule has 0 aromatic carbocycles. The minimum atomic E-state index is -4.18. The first kappa shape index (κ1) is 18.1. The Morgan fingerprint density at radius 1 is 1.30 bits per heavy atom. The average molecular weight is 350 g/mol. The molecule has 2 rings (SSSR count). The second-order valence-electron chi connectivity index (χ2n) is 5.16. The standard InChI is InChI=1S/C12H19N2O8P/c1-20-9-7(4-6-23(17,18)19)22-11(10(9)21-2)14-5-3-8(15)13-12(14)16/h3,5,7,9-11H,4,6H2,1-2H3,(H,13,15,16)(H2,17,18,19). The van der Waals surface area contributed by atoms with E-state index in [4.69, 9.17) is 24.0 Å². The van der Waals surface area contributed by atoms with Crippen LogP contribution >= 0.6 is 7.60 Å². The molecule has 2 heterocycles. The number of H-pyrrole nitrogens is 1.